The van der Waals surface area contributed by atoms with E-state index in [-0.39, 0.29) is 6.10 Å². The van der Waals surface area contributed by atoms with E-state index in [4.69, 9.17) is 0 Å². The average molecular weight is 199 g/mol. The number of aromatic nitrogens is 1. The number of nitrogens with zero attached hydrogens (tertiary/aromatic N) is 1. The van der Waals surface area contributed by atoms with Gasteiger partial charge in [0.05, 0.1) is 16.8 Å². The standard InChI is InChI=1S/C10H17NOS/c1-7(2)10(12)5-4-9-6-13-8(3)11-9/h6-7,10,12H,4-5H2,1-3H3. The predicted octanol–water partition coefficient (Wildman–Crippen LogP) is 2.40. The first-order chi connectivity index (χ1) is 6.09. The van der Waals surface area contributed by atoms with Gasteiger partial charge in [0.1, 0.15) is 0 Å². The SMILES string of the molecule is Cc1nc(CCC(O)C(C)C)cs1. The van der Waals surface area contributed by atoms with Crippen molar-refractivity contribution in [3.05, 3.63) is 16.1 Å². The summed E-state index contributed by atoms with van der Waals surface area (Å²) in [5, 5.41) is 12.7. The first-order valence-electron chi connectivity index (χ1n) is 4.68. The summed E-state index contributed by atoms with van der Waals surface area (Å²) in [5.74, 6) is 0.347. The van der Waals surface area contributed by atoms with Crippen molar-refractivity contribution in [3.8, 4) is 0 Å². The van der Waals surface area contributed by atoms with Crippen molar-refractivity contribution in [3.63, 3.8) is 0 Å². The molecular formula is C10H17NOS. The molecule has 1 unspecified atom stereocenters. The Morgan fingerprint density at radius 3 is 2.69 bits per heavy atom. The van der Waals surface area contributed by atoms with Crippen molar-refractivity contribution in [1.29, 1.82) is 0 Å². The molecule has 13 heavy (non-hydrogen) atoms. The maximum Gasteiger partial charge on any atom is 0.0897 e. The van der Waals surface area contributed by atoms with Gasteiger partial charge in [0.2, 0.25) is 0 Å². The third-order valence-electron chi connectivity index (χ3n) is 2.13. The lowest BCUT2D eigenvalue weighted by Crippen LogP contribution is -2.15. The molecule has 0 radical (unpaired) electrons. The number of aliphatic hydroxyl groups excluding tert-OH is 1. The lowest BCUT2D eigenvalue weighted by Gasteiger charge is -2.12. The molecule has 2 nitrogen and oxygen atoms in total. The fraction of sp³-hybridized carbons (Fsp3) is 0.700. The van der Waals surface area contributed by atoms with E-state index in [1.54, 1.807) is 11.3 Å². The molecule has 0 spiro atoms. The van der Waals surface area contributed by atoms with Crippen molar-refractivity contribution in [2.75, 3.05) is 0 Å². The largest absolute Gasteiger partial charge is 0.393 e. The highest BCUT2D eigenvalue weighted by atomic mass is 32.1. The molecule has 1 aromatic heterocycles. The number of thiazole rings is 1. The normalized spacial score (nSPS) is 13.6. The highest BCUT2D eigenvalue weighted by molar-refractivity contribution is 7.09. The van der Waals surface area contributed by atoms with Crippen molar-refractivity contribution >= 4 is 11.3 Å². The van der Waals surface area contributed by atoms with Gasteiger partial charge in [0.15, 0.2) is 0 Å². The Morgan fingerprint density at radius 2 is 2.23 bits per heavy atom. The molecule has 1 rings (SSSR count). The Morgan fingerprint density at radius 1 is 1.54 bits per heavy atom. The van der Waals surface area contributed by atoms with Crippen LogP contribution in [0.15, 0.2) is 5.38 Å². The van der Waals surface area contributed by atoms with Gasteiger partial charge in [-0.1, -0.05) is 13.8 Å². The molecule has 0 saturated heterocycles. The maximum atomic E-state index is 9.57. The highest BCUT2D eigenvalue weighted by Gasteiger charge is 2.09. The van der Waals surface area contributed by atoms with Gasteiger partial charge in [-0.2, -0.15) is 0 Å². The Kier molecular flexibility index (Phi) is 3.88. The second-order valence-electron chi connectivity index (χ2n) is 3.71. The summed E-state index contributed by atoms with van der Waals surface area (Å²) in [4.78, 5) is 4.35. The predicted molar refractivity (Wildman–Crippen MR) is 56.0 cm³/mol. The van der Waals surface area contributed by atoms with Crippen LogP contribution in [0.1, 0.15) is 31.0 Å². The molecule has 0 aromatic carbocycles. The molecule has 0 aliphatic rings. The van der Waals surface area contributed by atoms with Crippen LogP contribution in [0.4, 0.5) is 0 Å². The lowest BCUT2D eigenvalue weighted by molar-refractivity contribution is 0.116. The van der Waals surface area contributed by atoms with E-state index in [2.05, 4.69) is 10.4 Å². The van der Waals surface area contributed by atoms with Crippen molar-refractivity contribution in [2.45, 2.75) is 39.7 Å². The minimum absolute atomic E-state index is 0.193. The molecule has 0 bridgehead atoms. The summed E-state index contributed by atoms with van der Waals surface area (Å²) in [6.45, 7) is 6.08. The zero-order valence-electron chi connectivity index (χ0n) is 8.45. The summed E-state index contributed by atoms with van der Waals surface area (Å²) >= 11 is 1.67. The second-order valence-corrected chi connectivity index (χ2v) is 4.77. The first kappa shape index (κ1) is 10.7. The van der Waals surface area contributed by atoms with E-state index in [1.807, 2.05) is 20.8 Å². The minimum Gasteiger partial charge on any atom is -0.393 e. The smallest absolute Gasteiger partial charge is 0.0897 e. The molecule has 3 heteroatoms. The van der Waals surface area contributed by atoms with Crippen LogP contribution in [0.25, 0.3) is 0 Å². The molecule has 1 heterocycles. The zero-order chi connectivity index (χ0) is 9.84. The Labute approximate surface area is 83.6 Å². The summed E-state index contributed by atoms with van der Waals surface area (Å²) in [5.41, 5.74) is 1.11. The molecule has 0 saturated carbocycles. The van der Waals surface area contributed by atoms with E-state index in [0.717, 1.165) is 23.5 Å². The highest BCUT2D eigenvalue weighted by Crippen LogP contribution is 2.13. The number of rotatable bonds is 4. The van der Waals surface area contributed by atoms with E-state index >= 15 is 0 Å². The summed E-state index contributed by atoms with van der Waals surface area (Å²) in [7, 11) is 0. The maximum absolute atomic E-state index is 9.57. The molecule has 74 valence electrons. The number of hydrogen-bond donors (Lipinski definition) is 1. The van der Waals surface area contributed by atoms with Gasteiger partial charge in [-0.3, -0.25) is 0 Å². The molecular weight excluding hydrogens is 182 g/mol. The summed E-state index contributed by atoms with van der Waals surface area (Å²) in [6, 6.07) is 0. The minimum atomic E-state index is -0.193. The first-order valence-corrected chi connectivity index (χ1v) is 5.56. The molecule has 0 amide bonds. The molecule has 0 fully saturated rings. The molecule has 0 aliphatic heterocycles. The Bertz CT molecular complexity index is 257. The van der Waals surface area contributed by atoms with Gasteiger partial charge in [-0.15, -0.1) is 11.3 Å². The van der Waals surface area contributed by atoms with Crippen LogP contribution in [0.5, 0.6) is 0 Å². The van der Waals surface area contributed by atoms with Gasteiger partial charge in [0, 0.05) is 5.38 Å². The van der Waals surface area contributed by atoms with E-state index in [9.17, 15) is 5.11 Å². The van der Waals surface area contributed by atoms with Gasteiger partial charge in [-0.05, 0) is 25.7 Å². The van der Waals surface area contributed by atoms with Crippen LogP contribution in [-0.2, 0) is 6.42 Å². The second kappa shape index (κ2) is 4.72. The van der Waals surface area contributed by atoms with Crippen molar-refractivity contribution in [2.24, 2.45) is 5.92 Å². The number of hydrogen-bond acceptors (Lipinski definition) is 3. The number of aliphatic hydroxyl groups is 1. The van der Waals surface area contributed by atoms with Crippen molar-refractivity contribution < 1.29 is 5.11 Å². The zero-order valence-corrected chi connectivity index (χ0v) is 9.27. The Hall–Kier alpha value is -0.410. The quantitative estimate of drug-likeness (QED) is 0.807. The topological polar surface area (TPSA) is 33.1 Å². The van der Waals surface area contributed by atoms with Crippen LogP contribution in [0.3, 0.4) is 0 Å². The van der Waals surface area contributed by atoms with Gasteiger partial charge in [0.25, 0.3) is 0 Å². The van der Waals surface area contributed by atoms with Crippen molar-refractivity contribution in [1.82, 2.24) is 4.98 Å². The fourth-order valence-corrected chi connectivity index (χ4v) is 1.80. The van der Waals surface area contributed by atoms with E-state index in [0.29, 0.717) is 5.92 Å². The third kappa shape index (κ3) is 3.44. The summed E-state index contributed by atoms with van der Waals surface area (Å²) in [6.07, 6.45) is 1.52. The van der Waals surface area contributed by atoms with Crippen LogP contribution in [-0.4, -0.2) is 16.2 Å². The molecule has 1 N–H and O–H groups in total. The molecule has 1 atom stereocenters. The monoisotopic (exact) mass is 199 g/mol. The number of aryl methyl sites for hydroxylation is 2. The van der Waals surface area contributed by atoms with Crippen LogP contribution in [0, 0.1) is 12.8 Å². The molecule has 1 aromatic rings. The lowest BCUT2D eigenvalue weighted by atomic mass is 10.0. The fourth-order valence-electron chi connectivity index (χ4n) is 1.15. The van der Waals surface area contributed by atoms with Gasteiger partial charge >= 0.3 is 0 Å². The molecule has 0 aliphatic carbocycles. The average Bonchev–Trinajstić information content (AvgIpc) is 2.47. The Balaban J connectivity index is 2.35. The van der Waals surface area contributed by atoms with Crippen LogP contribution < -0.4 is 0 Å². The van der Waals surface area contributed by atoms with Crippen LogP contribution in [0.2, 0.25) is 0 Å². The van der Waals surface area contributed by atoms with Gasteiger partial charge in [-0.25, -0.2) is 4.98 Å². The summed E-state index contributed by atoms with van der Waals surface area (Å²) < 4.78 is 0. The van der Waals surface area contributed by atoms with E-state index < -0.39 is 0 Å². The third-order valence-corrected chi connectivity index (χ3v) is 2.95. The van der Waals surface area contributed by atoms with Crippen LogP contribution >= 0.6 is 11.3 Å². The van der Waals surface area contributed by atoms with E-state index in [1.165, 1.54) is 0 Å². The van der Waals surface area contributed by atoms with Gasteiger partial charge < -0.3 is 5.11 Å².